The summed E-state index contributed by atoms with van der Waals surface area (Å²) in [5.41, 5.74) is 1.50. The van der Waals surface area contributed by atoms with E-state index in [1.807, 2.05) is 0 Å². The lowest BCUT2D eigenvalue weighted by Crippen LogP contribution is -2.65. The Balaban J connectivity index is 1.55. The lowest BCUT2D eigenvalue weighted by atomic mass is 9.33. The molecule has 4 saturated carbocycles. The van der Waals surface area contributed by atoms with Crippen molar-refractivity contribution in [2.24, 2.45) is 50.2 Å². The van der Waals surface area contributed by atoms with Crippen molar-refractivity contribution >= 4 is 11.9 Å². The minimum Gasteiger partial charge on any atom is -0.481 e. The lowest BCUT2D eigenvalue weighted by molar-refractivity contribution is -0.213. The molecule has 0 aliphatic heterocycles. The maximum absolute atomic E-state index is 12.8. The smallest absolute Gasteiger partial charge is 0.310 e. The maximum Gasteiger partial charge on any atom is 0.310 e. The second kappa shape index (κ2) is 7.85. The molecular weight excluding hydrogens is 448 g/mol. The highest BCUT2D eigenvalue weighted by Gasteiger charge is 2.69. The number of esters is 1. The van der Waals surface area contributed by atoms with Gasteiger partial charge in [-0.15, -0.1) is 0 Å². The molecule has 8 atom stereocenters. The van der Waals surface area contributed by atoms with Crippen molar-refractivity contribution in [2.75, 3.05) is 0 Å². The summed E-state index contributed by atoms with van der Waals surface area (Å²) in [6, 6.07) is 0. The Bertz CT molecular complexity index is 992. The van der Waals surface area contributed by atoms with Crippen LogP contribution in [0.5, 0.6) is 0 Å². The summed E-state index contributed by atoms with van der Waals surface area (Å²) in [6.07, 6.45) is 12.6. The first-order chi connectivity index (χ1) is 16.5. The number of carboxylic acids is 1. The van der Waals surface area contributed by atoms with Gasteiger partial charge >= 0.3 is 11.9 Å². The molecule has 0 unspecified atom stereocenters. The van der Waals surface area contributed by atoms with Crippen LogP contribution in [0.4, 0.5) is 0 Å². The highest BCUT2D eigenvalue weighted by molar-refractivity contribution is 5.76. The fourth-order valence-corrected chi connectivity index (χ4v) is 11.0. The number of hydrogen-bond acceptors (Lipinski definition) is 3. The van der Waals surface area contributed by atoms with Gasteiger partial charge in [-0.05, 0) is 104 Å². The molecule has 0 radical (unpaired) electrons. The number of allylic oxidation sites excluding steroid dienone is 2. The minimum atomic E-state index is -0.574. The number of carboxylic acid groups (broad SMARTS) is 1. The first-order valence-corrected chi connectivity index (χ1v) is 14.6. The third kappa shape index (κ3) is 3.30. The van der Waals surface area contributed by atoms with Crippen LogP contribution in [0, 0.1) is 50.2 Å². The van der Waals surface area contributed by atoms with Crippen LogP contribution < -0.4 is 0 Å². The van der Waals surface area contributed by atoms with Crippen LogP contribution >= 0.6 is 0 Å². The van der Waals surface area contributed by atoms with Gasteiger partial charge < -0.3 is 9.84 Å². The molecule has 5 rings (SSSR count). The zero-order chi connectivity index (χ0) is 26.5. The second-order valence-corrected chi connectivity index (χ2v) is 15.6. The largest absolute Gasteiger partial charge is 0.481 e. The standard InChI is InChI=1S/C32H50O4/c1-20(33)36-25-12-13-29(6)23(28(25,4)5)11-14-31(8)24(29)10-9-21-22-19-27(2,3)15-17-32(22,26(34)35)18-16-30(21,31)7/h9,22-25H,10-19H2,1-8H3,(H,34,35)/t22-,23-,24+,25+,29-,30+,31+,32-/m0/s1. The molecule has 5 aliphatic rings. The minimum absolute atomic E-state index is 0.00181. The number of hydrogen-bond donors (Lipinski definition) is 1. The van der Waals surface area contributed by atoms with Crippen LogP contribution in [0.1, 0.15) is 120 Å². The maximum atomic E-state index is 12.8. The van der Waals surface area contributed by atoms with E-state index in [0.717, 1.165) is 57.8 Å². The first-order valence-electron chi connectivity index (χ1n) is 14.6. The van der Waals surface area contributed by atoms with Gasteiger partial charge in [0.15, 0.2) is 0 Å². The monoisotopic (exact) mass is 498 g/mol. The van der Waals surface area contributed by atoms with E-state index in [-0.39, 0.29) is 45.1 Å². The molecule has 0 aromatic carbocycles. The van der Waals surface area contributed by atoms with Crippen LogP contribution in [-0.4, -0.2) is 23.1 Å². The van der Waals surface area contributed by atoms with E-state index in [2.05, 4.69) is 54.5 Å². The number of carbonyl (C=O) groups excluding carboxylic acids is 1. The van der Waals surface area contributed by atoms with Gasteiger partial charge in [-0.3, -0.25) is 9.59 Å². The number of fused-ring (bicyclic) bond motifs is 7. The van der Waals surface area contributed by atoms with Crippen LogP contribution in [0.15, 0.2) is 11.6 Å². The summed E-state index contributed by atoms with van der Waals surface area (Å²) in [5.74, 6) is 0.546. The van der Waals surface area contributed by atoms with E-state index in [9.17, 15) is 14.7 Å². The summed E-state index contributed by atoms with van der Waals surface area (Å²) in [4.78, 5) is 24.7. The van der Waals surface area contributed by atoms with Crippen molar-refractivity contribution < 1.29 is 19.4 Å². The highest BCUT2D eigenvalue weighted by Crippen LogP contribution is 2.75. The van der Waals surface area contributed by atoms with Crippen molar-refractivity contribution in [3.05, 3.63) is 11.6 Å². The van der Waals surface area contributed by atoms with Gasteiger partial charge in [0.2, 0.25) is 0 Å². The molecule has 1 N–H and O–H groups in total. The number of carbonyl (C=O) groups is 2. The van der Waals surface area contributed by atoms with Crippen molar-refractivity contribution in [2.45, 2.75) is 126 Å². The van der Waals surface area contributed by atoms with Crippen molar-refractivity contribution in [3.63, 3.8) is 0 Å². The molecule has 0 heterocycles. The van der Waals surface area contributed by atoms with Crippen LogP contribution in [0.2, 0.25) is 0 Å². The Morgan fingerprint density at radius 2 is 1.56 bits per heavy atom. The molecule has 0 spiro atoms. The Kier molecular flexibility index (Phi) is 5.74. The van der Waals surface area contributed by atoms with E-state index in [0.29, 0.717) is 11.8 Å². The van der Waals surface area contributed by atoms with E-state index < -0.39 is 11.4 Å². The number of rotatable bonds is 2. The second-order valence-electron chi connectivity index (χ2n) is 15.6. The van der Waals surface area contributed by atoms with E-state index in [4.69, 9.17) is 4.74 Å². The van der Waals surface area contributed by atoms with Gasteiger partial charge in [0.05, 0.1) is 5.41 Å². The predicted molar refractivity (Wildman–Crippen MR) is 142 cm³/mol. The zero-order valence-electron chi connectivity index (χ0n) is 24.1. The molecule has 0 bridgehead atoms. The molecule has 0 amide bonds. The van der Waals surface area contributed by atoms with Crippen molar-refractivity contribution in [1.29, 1.82) is 0 Å². The van der Waals surface area contributed by atoms with Crippen LogP contribution in [0.3, 0.4) is 0 Å². The Hall–Kier alpha value is -1.32. The zero-order valence-corrected chi connectivity index (χ0v) is 24.1. The molecule has 4 nitrogen and oxygen atoms in total. The van der Waals surface area contributed by atoms with Gasteiger partial charge in [-0.2, -0.15) is 0 Å². The Labute approximate surface area is 219 Å². The van der Waals surface area contributed by atoms with Crippen LogP contribution in [-0.2, 0) is 14.3 Å². The quantitative estimate of drug-likeness (QED) is 0.311. The Morgan fingerprint density at radius 1 is 0.889 bits per heavy atom. The summed E-state index contributed by atoms with van der Waals surface area (Å²) >= 11 is 0. The predicted octanol–water partition coefficient (Wildman–Crippen LogP) is 7.80. The van der Waals surface area contributed by atoms with Gasteiger partial charge in [0.1, 0.15) is 6.10 Å². The van der Waals surface area contributed by atoms with Gasteiger partial charge in [0.25, 0.3) is 0 Å². The molecule has 202 valence electrons. The summed E-state index contributed by atoms with van der Waals surface area (Å²) in [6.45, 7) is 18.5. The van der Waals surface area contributed by atoms with E-state index in [1.54, 1.807) is 6.92 Å². The highest BCUT2D eigenvalue weighted by atomic mass is 16.5. The molecule has 36 heavy (non-hydrogen) atoms. The van der Waals surface area contributed by atoms with Gasteiger partial charge in [0, 0.05) is 12.3 Å². The Morgan fingerprint density at radius 3 is 2.19 bits per heavy atom. The van der Waals surface area contributed by atoms with Gasteiger partial charge in [-0.1, -0.05) is 60.1 Å². The van der Waals surface area contributed by atoms with Gasteiger partial charge in [-0.25, -0.2) is 0 Å². The third-order valence-electron chi connectivity index (χ3n) is 13.3. The fourth-order valence-electron chi connectivity index (χ4n) is 11.0. The van der Waals surface area contributed by atoms with Crippen molar-refractivity contribution in [3.8, 4) is 0 Å². The normalized spacial score (nSPS) is 48.8. The molecule has 0 saturated heterocycles. The summed E-state index contributed by atoms with van der Waals surface area (Å²) in [5, 5.41) is 10.5. The number of aliphatic carboxylic acids is 1. The topological polar surface area (TPSA) is 63.6 Å². The third-order valence-corrected chi connectivity index (χ3v) is 13.3. The number of ether oxygens (including phenoxy) is 1. The molecule has 0 aromatic heterocycles. The first kappa shape index (κ1) is 26.3. The van der Waals surface area contributed by atoms with E-state index in [1.165, 1.54) is 12.0 Å². The fraction of sp³-hybridized carbons (Fsp3) is 0.875. The lowest BCUT2D eigenvalue weighted by Gasteiger charge is -2.71. The molecule has 5 aliphatic carbocycles. The summed E-state index contributed by atoms with van der Waals surface area (Å²) in [7, 11) is 0. The summed E-state index contributed by atoms with van der Waals surface area (Å²) < 4.78 is 5.87. The average molecular weight is 499 g/mol. The van der Waals surface area contributed by atoms with Crippen molar-refractivity contribution in [1.82, 2.24) is 0 Å². The molecule has 4 heteroatoms. The SMILES string of the molecule is CC(=O)O[C@@H]1CC[C@]2(C)[C@H]3CC=C4[C@@H]5CC(C)(C)CC[C@]5(C(=O)O)CC[C@@]4(C)[C@]3(C)CC[C@H]2C1(C)C. The molecular formula is C32H50O4. The molecule has 0 aromatic rings. The average Bonchev–Trinajstić information content (AvgIpc) is 2.75. The molecule has 4 fully saturated rings. The van der Waals surface area contributed by atoms with E-state index >= 15 is 0 Å². The van der Waals surface area contributed by atoms with Crippen LogP contribution in [0.25, 0.3) is 0 Å².